The van der Waals surface area contributed by atoms with E-state index < -0.39 is 12.7 Å². The van der Waals surface area contributed by atoms with Crippen LogP contribution < -0.4 is 0 Å². The Bertz CT molecular complexity index is 337. The molecule has 0 bridgehead atoms. The van der Waals surface area contributed by atoms with Crippen LogP contribution in [0.5, 0.6) is 0 Å². The van der Waals surface area contributed by atoms with Crippen molar-refractivity contribution in [1.82, 2.24) is 9.80 Å². The number of hydrogen-bond acceptors (Lipinski definition) is 4. The fourth-order valence-electron chi connectivity index (χ4n) is 3.00. The van der Waals surface area contributed by atoms with Gasteiger partial charge in [0.1, 0.15) is 0 Å². The summed E-state index contributed by atoms with van der Waals surface area (Å²) >= 11 is 0. The molecule has 2 aliphatic heterocycles. The van der Waals surface area contributed by atoms with Crippen LogP contribution in [0.25, 0.3) is 0 Å². The maximum Gasteiger partial charge on any atom is 0.401 e. The summed E-state index contributed by atoms with van der Waals surface area (Å²) in [6.07, 6.45) is -4.15. The summed E-state index contributed by atoms with van der Waals surface area (Å²) in [6, 6.07) is 0. The maximum atomic E-state index is 12.5. The van der Waals surface area contributed by atoms with Crippen LogP contribution >= 0.6 is 0 Å². The SMILES string of the molecule is CC1(C)CN(CC(F)(F)F)CCN1CC1(CO)COC1. The van der Waals surface area contributed by atoms with Crippen molar-refractivity contribution in [1.29, 1.82) is 0 Å². The van der Waals surface area contributed by atoms with Gasteiger partial charge in [-0.05, 0) is 13.8 Å². The lowest BCUT2D eigenvalue weighted by Crippen LogP contribution is -2.65. The topological polar surface area (TPSA) is 35.9 Å². The minimum atomic E-state index is -4.15. The van der Waals surface area contributed by atoms with E-state index in [1.165, 1.54) is 4.90 Å². The second kappa shape index (κ2) is 5.44. The van der Waals surface area contributed by atoms with Gasteiger partial charge in [-0.25, -0.2) is 0 Å². The van der Waals surface area contributed by atoms with Crippen LogP contribution in [0.3, 0.4) is 0 Å². The van der Waals surface area contributed by atoms with Gasteiger partial charge in [0.2, 0.25) is 0 Å². The van der Waals surface area contributed by atoms with E-state index in [1.807, 2.05) is 13.8 Å². The van der Waals surface area contributed by atoms with Crippen molar-refractivity contribution in [2.45, 2.75) is 25.6 Å². The van der Waals surface area contributed by atoms with Gasteiger partial charge in [0.05, 0.1) is 31.8 Å². The van der Waals surface area contributed by atoms with E-state index in [9.17, 15) is 18.3 Å². The summed E-state index contributed by atoms with van der Waals surface area (Å²) in [5.74, 6) is 0. The summed E-state index contributed by atoms with van der Waals surface area (Å²) < 4.78 is 42.6. The zero-order valence-electron chi connectivity index (χ0n) is 12.0. The molecule has 0 aliphatic carbocycles. The molecular formula is C13H23F3N2O2. The van der Waals surface area contributed by atoms with E-state index in [-0.39, 0.29) is 17.6 Å². The molecule has 0 aromatic rings. The number of alkyl halides is 3. The van der Waals surface area contributed by atoms with Crippen LogP contribution in [0.4, 0.5) is 13.2 Å². The summed E-state index contributed by atoms with van der Waals surface area (Å²) in [6.45, 7) is 6.25. The van der Waals surface area contributed by atoms with Gasteiger partial charge in [0.15, 0.2) is 0 Å². The van der Waals surface area contributed by atoms with E-state index >= 15 is 0 Å². The molecule has 4 nitrogen and oxygen atoms in total. The molecule has 2 rings (SSSR count). The first kappa shape index (κ1) is 16.0. The molecule has 0 radical (unpaired) electrons. The zero-order chi connectivity index (χ0) is 15.0. The first-order valence-electron chi connectivity index (χ1n) is 6.89. The second-order valence-electron chi connectivity index (χ2n) is 6.71. The molecule has 0 saturated carbocycles. The normalized spacial score (nSPS) is 27.3. The second-order valence-corrected chi connectivity index (χ2v) is 6.71. The third-order valence-corrected chi connectivity index (χ3v) is 4.23. The van der Waals surface area contributed by atoms with Crippen LogP contribution in [0.1, 0.15) is 13.8 Å². The average Bonchev–Trinajstić information content (AvgIpc) is 2.22. The third kappa shape index (κ3) is 3.63. The molecule has 2 aliphatic rings. The summed E-state index contributed by atoms with van der Waals surface area (Å²) in [5.41, 5.74) is -0.565. The Kier molecular flexibility index (Phi) is 4.35. The number of halogens is 3. The average molecular weight is 296 g/mol. The van der Waals surface area contributed by atoms with Crippen LogP contribution in [0.15, 0.2) is 0 Å². The first-order chi connectivity index (χ1) is 9.16. The van der Waals surface area contributed by atoms with Crippen molar-refractivity contribution in [3.8, 4) is 0 Å². The predicted octanol–water partition coefficient (Wildman–Crippen LogP) is 0.954. The highest BCUT2D eigenvalue weighted by molar-refractivity contribution is 4.96. The number of rotatable bonds is 4. The lowest BCUT2D eigenvalue weighted by molar-refractivity contribution is -0.173. The lowest BCUT2D eigenvalue weighted by atomic mass is 9.84. The molecule has 2 saturated heterocycles. The number of hydrogen-bond donors (Lipinski definition) is 1. The van der Waals surface area contributed by atoms with Crippen LogP contribution in [0, 0.1) is 5.41 Å². The Balaban J connectivity index is 1.94. The van der Waals surface area contributed by atoms with Gasteiger partial charge >= 0.3 is 6.18 Å². The molecule has 0 aromatic heterocycles. The monoisotopic (exact) mass is 296 g/mol. The van der Waals surface area contributed by atoms with E-state index in [2.05, 4.69) is 4.90 Å². The van der Waals surface area contributed by atoms with Crippen molar-refractivity contribution >= 4 is 0 Å². The smallest absolute Gasteiger partial charge is 0.396 e. The lowest BCUT2D eigenvalue weighted by Gasteiger charge is -2.52. The van der Waals surface area contributed by atoms with E-state index in [1.54, 1.807) is 0 Å². The Hall–Kier alpha value is -0.370. The number of piperazine rings is 1. The predicted molar refractivity (Wildman–Crippen MR) is 68.5 cm³/mol. The van der Waals surface area contributed by atoms with Crippen molar-refractivity contribution in [2.24, 2.45) is 5.41 Å². The zero-order valence-corrected chi connectivity index (χ0v) is 12.0. The minimum absolute atomic E-state index is 0.0614. The van der Waals surface area contributed by atoms with Gasteiger partial charge in [-0.2, -0.15) is 13.2 Å². The summed E-state index contributed by atoms with van der Waals surface area (Å²) in [4.78, 5) is 3.64. The number of nitrogens with zero attached hydrogens (tertiary/aromatic N) is 2. The molecule has 2 fully saturated rings. The molecular weight excluding hydrogens is 273 g/mol. The summed E-state index contributed by atoms with van der Waals surface area (Å²) in [5, 5.41) is 9.48. The van der Waals surface area contributed by atoms with E-state index in [0.29, 0.717) is 39.4 Å². The molecule has 20 heavy (non-hydrogen) atoms. The Morgan fingerprint density at radius 2 is 1.85 bits per heavy atom. The number of ether oxygens (including phenoxy) is 1. The van der Waals surface area contributed by atoms with Gasteiger partial charge in [0, 0.05) is 31.7 Å². The van der Waals surface area contributed by atoms with Gasteiger partial charge in [0.25, 0.3) is 0 Å². The fraction of sp³-hybridized carbons (Fsp3) is 1.00. The van der Waals surface area contributed by atoms with Gasteiger partial charge in [-0.1, -0.05) is 0 Å². The van der Waals surface area contributed by atoms with Crippen LogP contribution in [-0.4, -0.2) is 79.2 Å². The van der Waals surface area contributed by atoms with Crippen molar-refractivity contribution in [3.63, 3.8) is 0 Å². The fourth-order valence-corrected chi connectivity index (χ4v) is 3.00. The minimum Gasteiger partial charge on any atom is -0.396 e. The molecule has 0 aromatic carbocycles. The molecule has 0 spiro atoms. The molecule has 0 amide bonds. The molecule has 118 valence electrons. The number of aliphatic hydroxyl groups is 1. The molecule has 7 heteroatoms. The maximum absolute atomic E-state index is 12.5. The van der Waals surface area contributed by atoms with E-state index in [4.69, 9.17) is 4.74 Å². The van der Waals surface area contributed by atoms with Crippen LogP contribution in [0.2, 0.25) is 0 Å². The summed E-state index contributed by atoms with van der Waals surface area (Å²) in [7, 11) is 0. The molecule has 0 unspecified atom stereocenters. The van der Waals surface area contributed by atoms with Crippen molar-refractivity contribution < 1.29 is 23.0 Å². The Morgan fingerprint density at radius 1 is 1.20 bits per heavy atom. The Labute approximate surface area is 117 Å². The molecule has 1 N–H and O–H groups in total. The standard InChI is InChI=1S/C13H23F3N2O2/c1-11(2)5-17(7-13(14,15)16)3-4-18(11)6-12(8-19)9-20-10-12/h19H,3-10H2,1-2H3. The van der Waals surface area contributed by atoms with Crippen LogP contribution in [-0.2, 0) is 4.74 Å². The van der Waals surface area contributed by atoms with Gasteiger partial charge in [-0.15, -0.1) is 0 Å². The molecule has 2 heterocycles. The van der Waals surface area contributed by atoms with Crippen molar-refractivity contribution in [3.05, 3.63) is 0 Å². The third-order valence-electron chi connectivity index (χ3n) is 4.23. The highest BCUT2D eigenvalue weighted by atomic mass is 19.4. The highest BCUT2D eigenvalue weighted by Gasteiger charge is 2.45. The van der Waals surface area contributed by atoms with E-state index in [0.717, 1.165) is 0 Å². The molecule has 0 atom stereocenters. The number of aliphatic hydroxyl groups excluding tert-OH is 1. The van der Waals surface area contributed by atoms with Gasteiger partial charge in [-0.3, -0.25) is 9.80 Å². The highest BCUT2D eigenvalue weighted by Crippen LogP contribution is 2.32. The largest absolute Gasteiger partial charge is 0.401 e. The quantitative estimate of drug-likeness (QED) is 0.838. The van der Waals surface area contributed by atoms with Crippen molar-refractivity contribution in [2.75, 3.05) is 52.5 Å². The first-order valence-corrected chi connectivity index (χ1v) is 6.89. The Morgan fingerprint density at radius 3 is 2.25 bits per heavy atom. The van der Waals surface area contributed by atoms with Gasteiger partial charge < -0.3 is 9.84 Å².